The highest BCUT2D eigenvalue weighted by Gasteiger charge is 2.44. The fourth-order valence-electron chi connectivity index (χ4n) is 3.18. The molecule has 0 atom stereocenters. The normalized spacial score (nSPS) is 10.9. The molecule has 3 aromatic carbocycles. The van der Waals surface area contributed by atoms with Crippen molar-refractivity contribution in [2.75, 3.05) is 12.8 Å². The van der Waals surface area contributed by atoms with Gasteiger partial charge < -0.3 is 0 Å². The largest absolute Gasteiger partial charge is 0.251 e. The van der Waals surface area contributed by atoms with E-state index in [2.05, 4.69) is 72.8 Å². The van der Waals surface area contributed by atoms with E-state index in [1.54, 1.807) is 0 Å². The minimum atomic E-state index is -1.81. The van der Waals surface area contributed by atoms with E-state index in [1.807, 2.05) is 18.2 Å². The zero-order valence-corrected chi connectivity index (χ0v) is 16.1. The maximum Gasteiger partial charge on any atom is 0.112 e. The summed E-state index contributed by atoms with van der Waals surface area (Å²) in [5.74, 6) is 0. The molecule has 0 aliphatic carbocycles. The second kappa shape index (κ2) is 9.11. The second-order valence-corrected chi connectivity index (χ2v) is 9.20. The monoisotopic (exact) mass is 403 g/mol. The summed E-state index contributed by atoms with van der Waals surface area (Å²) in [6, 6.07) is 31.9. The average Bonchev–Trinajstić information content (AvgIpc) is 2.65. The minimum Gasteiger partial charge on any atom is -0.251 e. The van der Waals surface area contributed by atoms with Gasteiger partial charge >= 0.3 is 0 Å². The van der Waals surface area contributed by atoms with E-state index in [9.17, 15) is 4.39 Å². The van der Waals surface area contributed by atoms with Crippen LogP contribution in [0, 0.1) is 0 Å². The molecule has 0 saturated heterocycles. The predicted octanol–water partition coefficient (Wildman–Crippen LogP) is 4.92. The topological polar surface area (TPSA) is 0 Å². The molecule has 0 N–H and O–H groups in total. The lowest BCUT2D eigenvalue weighted by atomic mass is 10.4. The van der Waals surface area contributed by atoms with Crippen LogP contribution in [-0.4, -0.2) is 12.8 Å². The van der Waals surface area contributed by atoms with Gasteiger partial charge in [-0.3, -0.25) is 4.39 Å². The lowest BCUT2D eigenvalue weighted by Gasteiger charge is -2.27. The Morgan fingerprint density at radius 3 is 1.21 bits per heavy atom. The van der Waals surface area contributed by atoms with E-state index in [4.69, 9.17) is 0 Å². The molecule has 124 valence electrons. The first-order valence-corrected chi connectivity index (χ1v) is 9.96. The summed E-state index contributed by atoms with van der Waals surface area (Å²) in [4.78, 5) is 0. The van der Waals surface area contributed by atoms with Crippen LogP contribution in [0.3, 0.4) is 0 Å². The number of benzene rings is 3. The van der Waals surface area contributed by atoms with E-state index in [0.717, 1.165) is 6.16 Å². The molecular formula is C21H22BrFP+. The van der Waals surface area contributed by atoms with E-state index >= 15 is 0 Å². The first kappa shape index (κ1) is 18.8. The Morgan fingerprint density at radius 2 is 0.917 bits per heavy atom. The van der Waals surface area contributed by atoms with Crippen LogP contribution in [0.1, 0.15) is 6.42 Å². The highest BCUT2D eigenvalue weighted by atomic mass is 79.9. The van der Waals surface area contributed by atoms with Crippen LogP contribution >= 0.6 is 24.2 Å². The third-order valence-corrected chi connectivity index (χ3v) is 8.74. The van der Waals surface area contributed by atoms with Gasteiger partial charge in [-0.25, -0.2) is 0 Å². The maximum absolute atomic E-state index is 13.1. The number of alkyl halides is 1. The molecule has 0 heterocycles. The highest BCUT2D eigenvalue weighted by molar-refractivity contribution is 8.93. The second-order valence-electron chi connectivity index (χ2n) is 5.58. The van der Waals surface area contributed by atoms with Crippen molar-refractivity contribution in [1.82, 2.24) is 0 Å². The van der Waals surface area contributed by atoms with Crippen molar-refractivity contribution >= 4 is 40.2 Å². The minimum absolute atomic E-state index is 0. The summed E-state index contributed by atoms with van der Waals surface area (Å²) in [6.45, 7) is -0.270. The Labute approximate surface area is 154 Å². The summed E-state index contributed by atoms with van der Waals surface area (Å²) in [5.41, 5.74) is 0. The van der Waals surface area contributed by atoms with Crippen molar-refractivity contribution in [2.45, 2.75) is 6.42 Å². The van der Waals surface area contributed by atoms with Crippen LogP contribution in [0.5, 0.6) is 0 Å². The molecule has 0 nitrogen and oxygen atoms in total. The standard InChI is InChI=1S/C21H21FP.BrH/c22-17-10-18-23(19-11-4-1-5-12-19,20-13-6-2-7-14-20)21-15-8-3-9-16-21;/h1-9,11-16H,10,17-18H2;1H/q+1;. The van der Waals surface area contributed by atoms with Crippen LogP contribution in [0.15, 0.2) is 91.0 Å². The summed E-state index contributed by atoms with van der Waals surface area (Å²) >= 11 is 0. The molecule has 0 bridgehead atoms. The van der Waals surface area contributed by atoms with Crippen molar-refractivity contribution in [2.24, 2.45) is 0 Å². The molecule has 3 heteroatoms. The molecule has 0 aliphatic rings. The Hall–Kier alpha value is -1.50. The van der Waals surface area contributed by atoms with Crippen LogP contribution in [0.4, 0.5) is 4.39 Å². The molecule has 0 radical (unpaired) electrons. The fraction of sp³-hybridized carbons (Fsp3) is 0.143. The quantitative estimate of drug-likeness (QED) is 0.512. The maximum atomic E-state index is 13.1. The van der Waals surface area contributed by atoms with Gasteiger partial charge in [-0.05, 0) is 36.4 Å². The molecule has 0 saturated carbocycles. The molecule has 0 fully saturated rings. The number of hydrogen-bond acceptors (Lipinski definition) is 0. The molecule has 0 unspecified atom stereocenters. The van der Waals surface area contributed by atoms with E-state index in [-0.39, 0.29) is 23.7 Å². The molecule has 0 spiro atoms. The van der Waals surface area contributed by atoms with Gasteiger partial charge in [0.1, 0.15) is 23.2 Å². The Morgan fingerprint density at radius 1 is 0.583 bits per heavy atom. The van der Waals surface area contributed by atoms with Crippen molar-refractivity contribution in [3.05, 3.63) is 91.0 Å². The van der Waals surface area contributed by atoms with Crippen molar-refractivity contribution in [3.8, 4) is 0 Å². The molecule has 3 aromatic rings. The van der Waals surface area contributed by atoms with Gasteiger partial charge in [-0.15, -0.1) is 17.0 Å². The highest BCUT2D eigenvalue weighted by Crippen LogP contribution is 2.55. The molecular weight excluding hydrogens is 382 g/mol. The average molecular weight is 404 g/mol. The molecule has 0 aromatic heterocycles. The van der Waals surface area contributed by atoms with Crippen molar-refractivity contribution in [3.63, 3.8) is 0 Å². The smallest absolute Gasteiger partial charge is 0.112 e. The lowest BCUT2D eigenvalue weighted by molar-refractivity contribution is 0.489. The summed E-state index contributed by atoms with van der Waals surface area (Å²) in [6.07, 6.45) is 1.45. The number of rotatable bonds is 6. The Kier molecular flexibility index (Phi) is 7.15. The summed E-state index contributed by atoms with van der Waals surface area (Å²) < 4.78 is 13.1. The van der Waals surface area contributed by atoms with Crippen LogP contribution in [0.2, 0.25) is 0 Å². The van der Waals surface area contributed by atoms with Crippen molar-refractivity contribution in [1.29, 1.82) is 0 Å². The Balaban J connectivity index is 0.00000208. The SMILES string of the molecule is Br.FCCC[P+](c1ccccc1)(c1ccccc1)c1ccccc1. The van der Waals surface area contributed by atoms with Crippen LogP contribution < -0.4 is 15.9 Å². The Bertz CT molecular complexity index is 620. The lowest BCUT2D eigenvalue weighted by Crippen LogP contribution is -2.33. The first-order valence-electron chi connectivity index (χ1n) is 7.99. The fourth-order valence-corrected chi connectivity index (χ4v) is 7.49. The third kappa shape index (κ3) is 3.77. The zero-order valence-electron chi connectivity index (χ0n) is 13.5. The first-order chi connectivity index (χ1) is 11.4. The van der Waals surface area contributed by atoms with E-state index < -0.39 is 7.26 Å². The van der Waals surface area contributed by atoms with Gasteiger partial charge in [0.25, 0.3) is 0 Å². The van der Waals surface area contributed by atoms with Crippen molar-refractivity contribution < 1.29 is 4.39 Å². The van der Waals surface area contributed by atoms with Crippen LogP contribution in [0.25, 0.3) is 0 Å². The summed E-state index contributed by atoms with van der Waals surface area (Å²) in [5, 5.41) is 3.97. The molecule has 0 amide bonds. The van der Waals surface area contributed by atoms with E-state index in [0.29, 0.717) is 6.42 Å². The molecule has 0 aliphatic heterocycles. The molecule has 3 rings (SSSR count). The van der Waals surface area contributed by atoms with Gasteiger partial charge in [0.2, 0.25) is 0 Å². The zero-order chi connectivity index (χ0) is 16.0. The number of hydrogen-bond donors (Lipinski definition) is 0. The third-order valence-electron chi connectivity index (χ3n) is 4.22. The van der Waals surface area contributed by atoms with Gasteiger partial charge in [0, 0.05) is 6.42 Å². The molecule has 24 heavy (non-hydrogen) atoms. The number of halogens is 2. The van der Waals surface area contributed by atoms with Crippen LogP contribution in [-0.2, 0) is 0 Å². The van der Waals surface area contributed by atoms with E-state index in [1.165, 1.54) is 15.9 Å². The summed E-state index contributed by atoms with van der Waals surface area (Å²) in [7, 11) is -1.81. The van der Waals surface area contributed by atoms with Gasteiger partial charge in [0.15, 0.2) is 0 Å². The predicted molar refractivity (Wildman–Crippen MR) is 111 cm³/mol. The van der Waals surface area contributed by atoms with Gasteiger partial charge in [-0.2, -0.15) is 0 Å². The van der Waals surface area contributed by atoms with Gasteiger partial charge in [-0.1, -0.05) is 54.6 Å². The van der Waals surface area contributed by atoms with Gasteiger partial charge in [0.05, 0.1) is 12.8 Å².